The highest BCUT2D eigenvalue weighted by Gasteiger charge is 2.18. The van der Waals surface area contributed by atoms with Crippen LogP contribution in [0.25, 0.3) is 0 Å². The minimum absolute atomic E-state index is 0. The Morgan fingerprint density at radius 1 is 1.40 bits per heavy atom. The van der Waals surface area contributed by atoms with E-state index in [0.717, 1.165) is 11.7 Å². The zero-order chi connectivity index (χ0) is 18.2. The molecule has 5 nitrogen and oxygen atoms in total. The molecule has 0 aliphatic heterocycles. The molecule has 0 heterocycles. The van der Waals surface area contributed by atoms with E-state index in [9.17, 15) is 4.21 Å². The van der Waals surface area contributed by atoms with Gasteiger partial charge in [-0.25, -0.2) is 0 Å². The maximum absolute atomic E-state index is 12.0. The van der Waals surface area contributed by atoms with Crippen molar-refractivity contribution in [2.45, 2.75) is 25.5 Å². The fourth-order valence-corrected chi connectivity index (χ4v) is 2.99. The molecule has 25 heavy (non-hydrogen) atoms. The van der Waals surface area contributed by atoms with Crippen LogP contribution in [0.5, 0.6) is 5.75 Å². The summed E-state index contributed by atoms with van der Waals surface area (Å²) in [6.07, 6.45) is 0. The van der Waals surface area contributed by atoms with E-state index in [2.05, 4.69) is 10.3 Å². The summed E-state index contributed by atoms with van der Waals surface area (Å²) in [6, 6.07) is 7.34. The van der Waals surface area contributed by atoms with Crippen LogP contribution >= 0.6 is 35.6 Å². The van der Waals surface area contributed by atoms with Crippen molar-refractivity contribution in [3.8, 4) is 5.75 Å². The summed E-state index contributed by atoms with van der Waals surface area (Å²) in [5.74, 6) is 2.10. The first kappa shape index (κ1) is 24.5. The fourth-order valence-electron chi connectivity index (χ4n) is 1.91. The molecular weight excluding hydrogens is 473 g/mol. The van der Waals surface area contributed by atoms with E-state index in [4.69, 9.17) is 16.3 Å². The van der Waals surface area contributed by atoms with Gasteiger partial charge in [-0.3, -0.25) is 9.20 Å². The SMILES string of the molecule is CN=C(NCCS(=O)C(C)(C)C)N(C)CCOc1cccc(Cl)c1.I. The van der Waals surface area contributed by atoms with Crippen molar-refractivity contribution in [1.82, 2.24) is 10.2 Å². The smallest absolute Gasteiger partial charge is 0.193 e. The molecule has 0 radical (unpaired) electrons. The van der Waals surface area contributed by atoms with E-state index in [-0.39, 0.29) is 28.7 Å². The minimum atomic E-state index is -0.875. The van der Waals surface area contributed by atoms with Crippen LogP contribution in [0, 0.1) is 0 Å². The molecule has 0 aliphatic carbocycles. The number of nitrogens with one attached hydrogen (secondary N) is 1. The molecule has 0 saturated carbocycles. The first-order valence-electron chi connectivity index (χ1n) is 7.92. The topological polar surface area (TPSA) is 53.9 Å². The van der Waals surface area contributed by atoms with Crippen molar-refractivity contribution < 1.29 is 8.95 Å². The number of aliphatic imine (C=N–C) groups is 1. The number of nitrogens with zero attached hydrogens (tertiary/aromatic N) is 2. The van der Waals surface area contributed by atoms with E-state index >= 15 is 0 Å². The first-order chi connectivity index (χ1) is 11.2. The zero-order valence-electron chi connectivity index (χ0n) is 15.5. The van der Waals surface area contributed by atoms with Crippen molar-refractivity contribution in [2.24, 2.45) is 4.99 Å². The highest BCUT2D eigenvalue weighted by atomic mass is 127. The molecule has 0 amide bonds. The molecule has 1 aromatic rings. The van der Waals surface area contributed by atoms with Gasteiger partial charge in [-0.2, -0.15) is 0 Å². The fraction of sp³-hybridized carbons (Fsp3) is 0.588. The van der Waals surface area contributed by atoms with Gasteiger partial charge in [-0.05, 0) is 39.0 Å². The standard InChI is InChI=1S/C17H28ClN3O2S.HI/c1-17(2,3)24(22)12-9-20-16(19-4)21(5)10-11-23-15-8-6-7-14(18)13-15;/h6-8,13H,9-12H2,1-5H3,(H,19,20);1H. The number of halogens is 2. The summed E-state index contributed by atoms with van der Waals surface area (Å²) < 4.78 is 17.5. The lowest BCUT2D eigenvalue weighted by atomic mass is 10.3. The monoisotopic (exact) mass is 501 g/mol. The Kier molecular flexibility index (Phi) is 11.7. The Morgan fingerprint density at radius 3 is 2.64 bits per heavy atom. The Morgan fingerprint density at radius 2 is 2.08 bits per heavy atom. The second kappa shape index (κ2) is 12.0. The van der Waals surface area contributed by atoms with E-state index in [1.807, 2.05) is 50.9 Å². The van der Waals surface area contributed by atoms with Crippen molar-refractivity contribution in [3.05, 3.63) is 29.3 Å². The van der Waals surface area contributed by atoms with E-state index in [0.29, 0.717) is 30.5 Å². The summed E-state index contributed by atoms with van der Waals surface area (Å²) in [6.45, 7) is 7.77. The molecule has 0 aromatic heterocycles. The number of hydrogen-bond acceptors (Lipinski definition) is 3. The summed E-state index contributed by atoms with van der Waals surface area (Å²) in [7, 11) is 2.80. The van der Waals surface area contributed by atoms with E-state index < -0.39 is 10.8 Å². The second-order valence-corrected chi connectivity index (χ2v) is 9.12. The molecule has 0 fully saturated rings. The number of rotatable bonds is 7. The summed E-state index contributed by atoms with van der Waals surface area (Å²) >= 11 is 5.93. The third kappa shape index (κ3) is 9.65. The molecule has 8 heteroatoms. The van der Waals surface area contributed by atoms with Crippen LogP contribution in [0.3, 0.4) is 0 Å². The number of likely N-dealkylation sites (N-methyl/N-ethyl adjacent to an activating group) is 1. The minimum Gasteiger partial charge on any atom is -0.492 e. The first-order valence-corrected chi connectivity index (χ1v) is 9.62. The maximum Gasteiger partial charge on any atom is 0.193 e. The predicted octanol–water partition coefficient (Wildman–Crippen LogP) is 3.39. The van der Waals surface area contributed by atoms with Gasteiger partial charge < -0.3 is 15.0 Å². The molecule has 1 rings (SSSR count). The predicted molar refractivity (Wildman–Crippen MR) is 119 cm³/mol. The van der Waals surface area contributed by atoms with Crippen LogP contribution in [0.1, 0.15) is 20.8 Å². The molecule has 0 bridgehead atoms. The molecule has 144 valence electrons. The van der Waals surface area contributed by atoms with Crippen LogP contribution in [0.2, 0.25) is 5.02 Å². The normalized spacial score (nSPS) is 13.0. The highest BCUT2D eigenvalue weighted by molar-refractivity contribution is 14.0. The van der Waals surface area contributed by atoms with Gasteiger partial charge >= 0.3 is 0 Å². The summed E-state index contributed by atoms with van der Waals surface area (Å²) in [4.78, 5) is 6.22. The molecular formula is C17H29ClIN3O2S. The van der Waals surface area contributed by atoms with Crippen molar-refractivity contribution >= 4 is 52.3 Å². The maximum atomic E-state index is 12.0. The lowest BCUT2D eigenvalue weighted by Crippen LogP contribution is -2.43. The van der Waals surface area contributed by atoms with Gasteiger partial charge in [0.2, 0.25) is 0 Å². The van der Waals surface area contributed by atoms with Crippen molar-refractivity contribution in [1.29, 1.82) is 0 Å². The average molecular weight is 502 g/mol. The van der Waals surface area contributed by atoms with Crippen LogP contribution in [-0.4, -0.2) is 59.4 Å². The van der Waals surface area contributed by atoms with Crippen LogP contribution in [0.4, 0.5) is 0 Å². The molecule has 0 saturated heterocycles. The molecule has 1 N–H and O–H groups in total. The van der Waals surface area contributed by atoms with Gasteiger partial charge in [-0.15, -0.1) is 24.0 Å². The quantitative estimate of drug-likeness (QED) is 0.353. The highest BCUT2D eigenvalue weighted by Crippen LogP contribution is 2.16. The van der Waals surface area contributed by atoms with Gasteiger partial charge in [0.25, 0.3) is 0 Å². The van der Waals surface area contributed by atoms with Crippen molar-refractivity contribution in [2.75, 3.05) is 39.5 Å². The number of ether oxygens (including phenoxy) is 1. The van der Waals surface area contributed by atoms with E-state index in [1.165, 1.54) is 0 Å². The van der Waals surface area contributed by atoms with Crippen LogP contribution in [-0.2, 0) is 10.8 Å². The van der Waals surface area contributed by atoms with Gasteiger partial charge in [0.05, 0.1) is 6.54 Å². The number of hydrogen-bond donors (Lipinski definition) is 1. The lowest BCUT2D eigenvalue weighted by Gasteiger charge is -2.23. The summed E-state index contributed by atoms with van der Waals surface area (Å²) in [5.41, 5.74) is 0. The second-order valence-electron chi connectivity index (χ2n) is 6.36. The van der Waals surface area contributed by atoms with Gasteiger partial charge in [0.15, 0.2) is 5.96 Å². The molecule has 0 spiro atoms. The Balaban J connectivity index is 0.00000576. The van der Waals surface area contributed by atoms with Gasteiger partial charge in [0, 0.05) is 47.0 Å². The third-order valence-corrected chi connectivity index (χ3v) is 5.49. The molecule has 1 atom stereocenters. The zero-order valence-corrected chi connectivity index (χ0v) is 19.4. The van der Waals surface area contributed by atoms with E-state index in [1.54, 1.807) is 13.1 Å². The van der Waals surface area contributed by atoms with Crippen molar-refractivity contribution in [3.63, 3.8) is 0 Å². The average Bonchev–Trinajstić information content (AvgIpc) is 2.50. The molecule has 0 aliphatic rings. The lowest BCUT2D eigenvalue weighted by molar-refractivity contribution is 0.281. The largest absolute Gasteiger partial charge is 0.492 e. The molecule has 1 unspecified atom stereocenters. The summed E-state index contributed by atoms with van der Waals surface area (Å²) in [5, 5.41) is 3.89. The third-order valence-electron chi connectivity index (χ3n) is 3.32. The van der Waals surface area contributed by atoms with Crippen LogP contribution < -0.4 is 10.1 Å². The van der Waals surface area contributed by atoms with Gasteiger partial charge in [0.1, 0.15) is 12.4 Å². The Bertz CT molecular complexity index is 579. The van der Waals surface area contributed by atoms with Gasteiger partial charge in [-0.1, -0.05) is 17.7 Å². The Hall–Kier alpha value is -0.540. The number of benzene rings is 1. The van der Waals surface area contributed by atoms with Crippen LogP contribution in [0.15, 0.2) is 29.3 Å². The number of guanidine groups is 1. The molecule has 1 aromatic carbocycles. The Labute approximate surface area is 176 Å².